The quantitative estimate of drug-likeness (QED) is 0.523. The van der Waals surface area contributed by atoms with E-state index in [1.165, 1.54) is 38.6 Å². The topological polar surface area (TPSA) is 53.1 Å². The van der Waals surface area contributed by atoms with Crippen LogP contribution in [0.25, 0.3) is 0 Å². The summed E-state index contributed by atoms with van der Waals surface area (Å²) in [7, 11) is 2.19. The zero-order valence-corrected chi connectivity index (χ0v) is 9.97. The van der Waals surface area contributed by atoms with Crippen molar-refractivity contribution in [3.05, 3.63) is 0 Å². The molecule has 0 unspecified atom stereocenters. The molecule has 1 rings (SSSR count). The molecule has 1 fully saturated rings. The minimum atomic E-state index is 0.320. The Morgan fingerprint density at radius 1 is 1.33 bits per heavy atom. The second-order valence-electron chi connectivity index (χ2n) is 4.90. The van der Waals surface area contributed by atoms with Crippen LogP contribution in [0.4, 0.5) is 0 Å². The SMILES string of the molecule is CN(CCCC(=N)N)CC1CCCCC1. The fourth-order valence-electron chi connectivity index (χ4n) is 2.44. The molecule has 0 radical (unpaired) electrons. The maximum absolute atomic E-state index is 7.15. The summed E-state index contributed by atoms with van der Waals surface area (Å²) >= 11 is 0. The van der Waals surface area contributed by atoms with Crippen LogP contribution in [0.15, 0.2) is 0 Å². The molecule has 1 aliphatic carbocycles. The number of nitrogens with zero attached hydrogens (tertiary/aromatic N) is 1. The average molecular weight is 211 g/mol. The number of hydrogen-bond acceptors (Lipinski definition) is 2. The molecule has 0 aromatic carbocycles. The normalized spacial score (nSPS) is 18.3. The summed E-state index contributed by atoms with van der Waals surface area (Å²) in [4.78, 5) is 2.40. The molecule has 3 nitrogen and oxygen atoms in total. The third kappa shape index (κ3) is 5.78. The number of amidine groups is 1. The summed E-state index contributed by atoms with van der Waals surface area (Å²) in [5.41, 5.74) is 5.33. The molecule has 0 heterocycles. The van der Waals surface area contributed by atoms with Gasteiger partial charge in [-0.2, -0.15) is 0 Å². The molecule has 15 heavy (non-hydrogen) atoms. The first kappa shape index (κ1) is 12.5. The minimum absolute atomic E-state index is 0.320. The van der Waals surface area contributed by atoms with Gasteiger partial charge in [-0.15, -0.1) is 0 Å². The van der Waals surface area contributed by atoms with E-state index >= 15 is 0 Å². The van der Waals surface area contributed by atoms with Crippen molar-refractivity contribution in [3.8, 4) is 0 Å². The van der Waals surface area contributed by atoms with Crippen LogP contribution in [0.5, 0.6) is 0 Å². The Morgan fingerprint density at radius 2 is 2.00 bits per heavy atom. The van der Waals surface area contributed by atoms with Crippen molar-refractivity contribution in [1.29, 1.82) is 5.41 Å². The zero-order valence-electron chi connectivity index (χ0n) is 9.97. The van der Waals surface area contributed by atoms with Gasteiger partial charge in [-0.3, -0.25) is 5.41 Å². The number of rotatable bonds is 6. The lowest BCUT2D eigenvalue weighted by atomic mass is 9.89. The summed E-state index contributed by atoms with van der Waals surface area (Å²) in [6, 6.07) is 0. The first-order valence-electron chi connectivity index (χ1n) is 6.20. The predicted octanol–water partition coefficient (Wildman–Crippen LogP) is 2.21. The van der Waals surface area contributed by atoms with Crippen LogP contribution in [0.1, 0.15) is 44.9 Å². The van der Waals surface area contributed by atoms with E-state index in [1.807, 2.05) is 0 Å². The molecule has 0 atom stereocenters. The van der Waals surface area contributed by atoms with E-state index in [2.05, 4.69) is 11.9 Å². The summed E-state index contributed by atoms with van der Waals surface area (Å²) < 4.78 is 0. The van der Waals surface area contributed by atoms with Crippen LogP contribution < -0.4 is 5.73 Å². The lowest BCUT2D eigenvalue weighted by Gasteiger charge is -2.26. The molecule has 3 heteroatoms. The van der Waals surface area contributed by atoms with Crippen LogP contribution >= 0.6 is 0 Å². The molecule has 0 bridgehead atoms. The van der Waals surface area contributed by atoms with Crippen molar-refractivity contribution < 1.29 is 0 Å². The van der Waals surface area contributed by atoms with Crippen molar-refractivity contribution in [3.63, 3.8) is 0 Å². The fraction of sp³-hybridized carbons (Fsp3) is 0.917. The van der Waals surface area contributed by atoms with Crippen molar-refractivity contribution in [2.45, 2.75) is 44.9 Å². The highest BCUT2D eigenvalue weighted by molar-refractivity contribution is 5.76. The van der Waals surface area contributed by atoms with E-state index in [0.717, 1.165) is 25.3 Å². The second kappa shape index (κ2) is 6.83. The summed E-state index contributed by atoms with van der Waals surface area (Å²) in [5, 5.41) is 7.15. The summed E-state index contributed by atoms with van der Waals surface area (Å²) in [5.74, 6) is 1.24. The van der Waals surface area contributed by atoms with Gasteiger partial charge in [-0.25, -0.2) is 0 Å². The smallest absolute Gasteiger partial charge is 0.0905 e. The monoisotopic (exact) mass is 211 g/mol. The Balaban J connectivity index is 2.06. The molecule has 3 N–H and O–H groups in total. The van der Waals surface area contributed by atoms with Gasteiger partial charge < -0.3 is 10.6 Å². The van der Waals surface area contributed by atoms with Crippen molar-refractivity contribution >= 4 is 5.84 Å². The largest absolute Gasteiger partial charge is 0.388 e. The molecule has 1 saturated carbocycles. The Kier molecular flexibility index (Phi) is 5.69. The average Bonchev–Trinajstić information content (AvgIpc) is 2.18. The third-order valence-corrected chi connectivity index (χ3v) is 3.28. The maximum atomic E-state index is 7.15. The van der Waals surface area contributed by atoms with Crippen molar-refractivity contribution in [2.75, 3.05) is 20.1 Å². The van der Waals surface area contributed by atoms with Gasteiger partial charge in [0.2, 0.25) is 0 Å². The Hall–Kier alpha value is -0.570. The predicted molar refractivity (Wildman–Crippen MR) is 65.2 cm³/mol. The number of nitrogens with one attached hydrogen (secondary N) is 1. The zero-order chi connectivity index (χ0) is 11.1. The molecule has 0 amide bonds. The van der Waals surface area contributed by atoms with E-state index in [1.54, 1.807) is 0 Å². The lowest BCUT2D eigenvalue weighted by molar-refractivity contribution is 0.232. The minimum Gasteiger partial charge on any atom is -0.388 e. The molecule has 0 saturated heterocycles. The highest BCUT2D eigenvalue weighted by Gasteiger charge is 2.14. The van der Waals surface area contributed by atoms with Gasteiger partial charge in [-0.1, -0.05) is 19.3 Å². The Bertz CT molecular complexity index is 185. The number of hydrogen-bond donors (Lipinski definition) is 2. The molecule has 0 aliphatic heterocycles. The van der Waals surface area contributed by atoms with Crippen molar-refractivity contribution in [2.24, 2.45) is 11.7 Å². The van der Waals surface area contributed by atoms with E-state index in [4.69, 9.17) is 11.1 Å². The maximum Gasteiger partial charge on any atom is 0.0905 e. The molecular weight excluding hydrogens is 186 g/mol. The van der Waals surface area contributed by atoms with E-state index in [-0.39, 0.29) is 0 Å². The highest BCUT2D eigenvalue weighted by atomic mass is 15.1. The number of nitrogens with two attached hydrogens (primary N) is 1. The van der Waals surface area contributed by atoms with Gasteiger partial charge in [-0.05, 0) is 38.8 Å². The van der Waals surface area contributed by atoms with Gasteiger partial charge in [0, 0.05) is 13.0 Å². The van der Waals surface area contributed by atoms with E-state index in [0.29, 0.717) is 5.84 Å². The molecule has 0 spiro atoms. The third-order valence-electron chi connectivity index (χ3n) is 3.28. The first-order chi connectivity index (χ1) is 7.18. The fourth-order valence-corrected chi connectivity index (χ4v) is 2.44. The van der Waals surface area contributed by atoms with Gasteiger partial charge in [0.05, 0.1) is 5.84 Å². The second-order valence-corrected chi connectivity index (χ2v) is 4.90. The van der Waals surface area contributed by atoms with Gasteiger partial charge in [0.25, 0.3) is 0 Å². The van der Waals surface area contributed by atoms with Crippen LogP contribution in [-0.4, -0.2) is 30.9 Å². The van der Waals surface area contributed by atoms with Gasteiger partial charge in [0.15, 0.2) is 0 Å². The molecular formula is C12H25N3. The summed E-state index contributed by atoms with van der Waals surface area (Å²) in [6.45, 7) is 2.31. The molecule has 88 valence electrons. The molecule has 0 aromatic rings. The first-order valence-corrected chi connectivity index (χ1v) is 6.20. The van der Waals surface area contributed by atoms with E-state index < -0.39 is 0 Å². The van der Waals surface area contributed by atoms with Gasteiger partial charge >= 0.3 is 0 Å². The Labute approximate surface area is 93.5 Å². The molecule has 0 aromatic heterocycles. The van der Waals surface area contributed by atoms with Crippen LogP contribution in [0, 0.1) is 11.3 Å². The van der Waals surface area contributed by atoms with Crippen LogP contribution in [0.3, 0.4) is 0 Å². The molecule has 1 aliphatic rings. The van der Waals surface area contributed by atoms with Crippen LogP contribution in [0.2, 0.25) is 0 Å². The van der Waals surface area contributed by atoms with E-state index in [9.17, 15) is 0 Å². The van der Waals surface area contributed by atoms with Crippen LogP contribution in [-0.2, 0) is 0 Å². The van der Waals surface area contributed by atoms with Crippen molar-refractivity contribution in [1.82, 2.24) is 4.90 Å². The highest BCUT2D eigenvalue weighted by Crippen LogP contribution is 2.24. The Morgan fingerprint density at radius 3 is 2.60 bits per heavy atom. The summed E-state index contributed by atoms with van der Waals surface area (Å²) in [6.07, 6.45) is 8.88. The standard InChI is InChI=1S/C12H25N3/c1-15(9-5-8-12(13)14)10-11-6-3-2-4-7-11/h11H,2-10H2,1H3,(H3,13,14). The van der Waals surface area contributed by atoms with Gasteiger partial charge in [0.1, 0.15) is 0 Å². The lowest BCUT2D eigenvalue weighted by Crippen LogP contribution is -2.28.